The molecule has 96 valence electrons. The summed E-state index contributed by atoms with van der Waals surface area (Å²) in [6, 6.07) is 18.6. The molecule has 0 radical (unpaired) electrons. The van der Waals surface area contributed by atoms with Gasteiger partial charge in [-0.25, -0.2) is 0 Å². The van der Waals surface area contributed by atoms with Crippen molar-refractivity contribution in [3.63, 3.8) is 0 Å². The fraction of sp³-hybridized carbons (Fsp3) is 0.188. The van der Waals surface area contributed by atoms with E-state index in [-0.39, 0.29) is 6.04 Å². The fourth-order valence-electron chi connectivity index (χ4n) is 1.84. The van der Waals surface area contributed by atoms with Crippen molar-refractivity contribution in [2.45, 2.75) is 19.5 Å². The summed E-state index contributed by atoms with van der Waals surface area (Å²) >= 11 is 2.31. The van der Waals surface area contributed by atoms with Crippen LogP contribution in [-0.2, 0) is 6.54 Å². The normalized spacial score (nSPS) is 11.8. The quantitative estimate of drug-likeness (QED) is 0.835. The molecule has 0 aliphatic carbocycles. The van der Waals surface area contributed by atoms with Crippen molar-refractivity contribution in [2.75, 3.05) is 0 Å². The molecule has 0 saturated heterocycles. The molecule has 0 aliphatic heterocycles. The van der Waals surface area contributed by atoms with Gasteiger partial charge >= 0.3 is 0 Å². The van der Waals surface area contributed by atoms with Crippen molar-refractivity contribution in [1.82, 2.24) is 5.32 Å². The van der Waals surface area contributed by atoms with Gasteiger partial charge in [-0.05, 0) is 64.9 Å². The summed E-state index contributed by atoms with van der Waals surface area (Å²) in [5.74, 6) is 0. The highest BCUT2D eigenvalue weighted by molar-refractivity contribution is 14.1. The van der Waals surface area contributed by atoms with Gasteiger partial charge in [-0.1, -0.05) is 24.3 Å². The Morgan fingerprint density at radius 1 is 1.11 bits per heavy atom. The van der Waals surface area contributed by atoms with Gasteiger partial charge in [0.2, 0.25) is 0 Å². The zero-order valence-corrected chi connectivity index (χ0v) is 12.9. The van der Waals surface area contributed by atoms with Crippen LogP contribution in [0.1, 0.15) is 29.7 Å². The van der Waals surface area contributed by atoms with E-state index in [1.165, 1.54) is 14.7 Å². The van der Waals surface area contributed by atoms with Crippen molar-refractivity contribution < 1.29 is 0 Å². The number of nitrogens with zero attached hydrogens (tertiary/aromatic N) is 1. The SMILES string of the molecule is CC(NCc1ccc(I)cc1)c1ccc(C#N)cc1. The van der Waals surface area contributed by atoms with Crippen LogP contribution in [0.3, 0.4) is 0 Å². The van der Waals surface area contributed by atoms with E-state index in [1.807, 2.05) is 24.3 Å². The minimum Gasteiger partial charge on any atom is -0.306 e. The summed E-state index contributed by atoms with van der Waals surface area (Å²) in [6.45, 7) is 2.98. The topological polar surface area (TPSA) is 35.8 Å². The third-order valence-electron chi connectivity index (χ3n) is 3.07. The largest absolute Gasteiger partial charge is 0.306 e. The molecule has 0 saturated carbocycles. The number of nitriles is 1. The number of hydrogen-bond acceptors (Lipinski definition) is 2. The average molecular weight is 362 g/mol. The number of hydrogen-bond donors (Lipinski definition) is 1. The third-order valence-corrected chi connectivity index (χ3v) is 3.78. The van der Waals surface area contributed by atoms with Gasteiger partial charge in [-0.2, -0.15) is 5.26 Å². The zero-order chi connectivity index (χ0) is 13.7. The Morgan fingerprint density at radius 2 is 1.74 bits per heavy atom. The van der Waals surface area contributed by atoms with E-state index >= 15 is 0 Å². The summed E-state index contributed by atoms with van der Waals surface area (Å²) < 4.78 is 1.25. The predicted molar refractivity (Wildman–Crippen MR) is 85.6 cm³/mol. The van der Waals surface area contributed by atoms with Crippen LogP contribution in [0.4, 0.5) is 0 Å². The van der Waals surface area contributed by atoms with Crippen molar-refractivity contribution >= 4 is 22.6 Å². The molecule has 0 aliphatic rings. The lowest BCUT2D eigenvalue weighted by atomic mass is 10.1. The van der Waals surface area contributed by atoms with E-state index in [2.05, 4.69) is 65.2 Å². The maximum atomic E-state index is 8.78. The molecule has 0 bridgehead atoms. The Bertz CT molecular complexity index is 567. The van der Waals surface area contributed by atoms with Crippen LogP contribution in [-0.4, -0.2) is 0 Å². The molecule has 2 nitrogen and oxygen atoms in total. The summed E-state index contributed by atoms with van der Waals surface area (Å²) in [5.41, 5.74) is 3.18. The maximum absolute atomic E-state index is 8.78. The lowest BCUT2D eigenvalue weighted by Gasteiger charge is -2.14. The van der Waals surface area contributed by atoms with Gasteiger partial charge in [0.05, 0.1) is 11.6 Å². The highest BCUT2D eigenvalue weighted by Crippen LogP contribution is 2.14. The molecule has 1 N–H and O–H groups in total. The number of nitrogens with one attached hydrogen (secondary N) is 1. The lowest BCUT2D eigenvalue weighted by molar-refractivity contribution is 0.574. The molecule has 1 atom stereocenters. The third kappa shape index (κ3) is 4.05. The van der Waals surface area contributed by atoms with Gasteiger partial charge in [0, 0.05) is 16.2 Å². The second kappa shape index (κ2) is 6.69. The summed E-state index contributed by atoms with van der Waals surface area (Å²) in [5, 5.41) is 12.3. The van der Waals surface area contributed by atoms with E-state index in [4.69, 9.17) is 5.26 Å². The van der Waals surface area contributed by atoms with Crippen molar-refractivity contribution in [2.24, 2.45) is 0 Å². The number of rotatable bonds is 4. The van der Waals surface area contributed by atoms with E-state index in [9.17, 15) is 0 Å². The van der Waals surface area contributed by atoms with Crippen molar-refractivity contribution in [1.29, 1.82) is 5.26 Å². The van der Waals surface area contributed by atoms with Gasteiger partial charge < -0.3 is 5.32 Å². The molecule has 2 aromatic rings. The van der Waals surface area contributed by atoms with Gasteiger partial charge in [-0.15, -0.1) is 0 Å². The second-order valence-electron chi connectivity index (χ2n) is 4.46. The summed E-state index contributed by atoms with van der Waals surface area (Å²) in [7, 11) is 0. The fourth-order valence-corrected chi connectivity index (χ4v) is 2.20. The zero-order valence-electron chi connectivity index (χ0n) is 10.7. The molecule has 1 unspecified atom stereocenters. The van der Waals surface area contributed by atoms with Crippen LogP contribution in [0, 0.1) is 14.9 Å². The molecule has 0 spiro atoms. The van der Waals surface area contributed by atoms with Crippen LogP contribution in [0.5, 0.6) is 0 Å². The van der Waals surface area contributed by atoms with E-state index in [0.717, 1.165) is 6.54 Å². The minimum absolute atomic E-state index is 0.270. The van der Waals surface area contributed by atoms with Gasteiger partial charge in [0.25, 0.3) is 0 Å². The van der Waals surface area contributed by atoms with Gasteiger partial charge in [0.15, 0.2) is 0 Å². The van der Waals surface area contributed by atoms with Crippen LogP contribution >= 0.6 is 22.6 Å². The summed E-state index contributed by atoms with van der Waals surface area (Å²) in [4.78, 5) is 0. The molecule has 2 aromatic carbocycles. The molecule has 2 rings (SSSR count). The van der Waals surface area contributed by atoms with E-state index in [0.29, 0.717) is 5.56 Å². The van der Waals surface area contributed by atoms with Gasteiger partial charge in [0.1, 0.15) is 0 Å². The smallest absolute Gasteiger partial charge is 0.0991 e. The first-order valence-electron chi connectivity index (χ1n) is 6.17. The molecule has 0 aromatic heterocycles. The second-order valence-corrected chi connectivity index (χ2v) is 5.71. The first-order valence-corrected chi connectivity index (χ1v) is 7.25. The van der Waals surface area contributed by atoms with E-state index < -0.39 is 0 Å². The molecule has 0 heterocycles. The summed E-state index contributed by atoms with van der Waals surface area (Å²) in [6.07, 6.45) is 0. The molecular weight excluding hydrogens is 347 g/mol. The predicted octanol–water partition coefficient (Wildman–Crippen LogP) is 4.01. The van der Waals surface area contributed by atoms with Crippen LogP contribution < -0.4 is 5.32 Å². The number of halogens is 1. The Kier molecular flexibility index (Phi) is 4.94. The van der Waals surface area contributed by atoms with E-state index in [1.54, 1.807) is 0 Å². The van der Waals surface area contributed by atoms with Crippen LogP contribution in [0.2, 0.25) is 0 Å². The first-order chi connectivity index (χ1) is 9.19. The van der Waals surface area contributed by atoms with Crippen LogP contribution in [0.15, 0.2) is 48.5 Å². The lowest BCUT2D eigenvalue weighted by Crippen LogP contribution is -2.18. The van der Waals surface area contributed by atoms with Crippen molar-refractivity contribution in [3.8, 4) is 6.07 Å². The molecule has 0 amide bonds. The first kappa shape index (κ1) is 14.0. The monoisotopic (exact) mass is 362 g/mol. The molecule has 19 heavy (non-hydrogen) atoms. The molecule has 0 fully saturated rings. The Balaban J connectivity index is 1.95. The standard InChI is InChI=1S/C16H15IN2/c1-12(15-6-2-13(10-18)3-7-15)19-11-14-4-8-16(17)9-5-14/h2-9,12,19H,11H2,1H3. The highest BCUT2D eigenvalue weighted by atomic mass is 127. The molecule has 3 heteroatoms. The van der Waals surface area contributed by atoms with Crippen molar-refractivity contribution in [3.05, 3.63) is 68.8 Å². The number of benzene rings is 2. The average Bonchev–Trinajstić information content (AvgIpc) is 2.46. The maximum Gasteiger partial charge on any atom is 0.0991 e. The minimum atomic E-state index is 0.270. The Morgan fingerprint density at radius 3 is 2.32 bits per heavy atom. The Labute approximate surface area is 127 Å². The molecular formula is C16H15IN2. The Hall–Kier alpha value is -1.38. The highest BCUT2D eigenvalue weighted by Gasteiger charge is 2.04. The van der Waals surface area contributed by atoms with Gasteiger partial charge in [-0.3, -0.25) is 0 Å². The van der Waals surface area contributed by atoms with Crippen LogP contribution in [0.25, 0.3) is 0 Å².